The minimum absolute atomic E-state index is 0.111. The summed E-state index contributed by atoms with van der Waals surface area (Å²) in [5, 5.41) is 4.65. The van der Waals surface area contributed by atoms with Gasteiger partial charge in [-0.05, 0) is 54.1 Å². The van der Waals surface area contributed by atoms with Gasteiger partial charge in [0.25, 0.3) is 0 Å². The number of fused-ring (bicyclic) bond motifs is 1. The van der Waals surface area contributed by atoms with Crippen molar-refractivity contribution in [3.05, 3.63) is 71.2 Å². The molecular weight excluding hydrogens is 263 g/mol. The summed E-state index contributed by atoms with van der Waals surface area (Å²) < 4.78 is 13.6. The highest BCUT2D eigenvalue weighted by Gasteiger charge is 2.07. The van der Waals surface area contributed by atoms with Crippen LogP contribution in [0.5, 0.6) is 0 Å². The first kappa shape index (κ1) is 13.8. The zero-order valence-electron chi connectivity index (χ0n) is 12.3. The average molecular weight is 282 g/mol. The molecule has 0 radical (unpaired) electrons. The summed E-state index contributed by atoms with van der Waals surface area (Å²) in [6, 6.07) is 14.0. The first-order valence-electron chi connectivity index (χ1n) is 7.19. The summed E-state index contributed by atoms with van der Waals surface area (Å²) >= 11 is 0. The Balaban J connectivity index is 1.69. The molecule has 3 rings (SSSR count). The predicted molar refractivity (Wildman–Crippen MR) is 84.7 cm³/mol. The Kier molecular flexibility index (Phi) is 3.76. The normalized spacial score (nSPS) is 12.7. The maximum absolute atomic E-state index is 13.6. The van der Waals surface area contributed by atoms with Gasteiger partial charge in [0.2, 0.25) is 0 Å². The average Bonchev–Trinajstić information content (AvgIpc) is 2.95. The van der Waals surface area contributed by atoms with Crippen LogP contribution in [-0.2, 0) is 6.54 Å². The van der Waals surface area contributed by atoms with Crippen LogP contribution in [0.25, 0.3) is 10.9 Å². The first-order chi connectivity index (χ1) is 10.1. The van der Waals surface area contributed by atoms with Gasteiger partial charge in [0.05, 0.1) is 0 Å². The summed E-state index contributed by atoms with van der Waals surface area (Å²) in [6.45, 7) is 4.59. The molecule has 0 aliphatic heterocycles. The number of aromatic nitrogens is 1. The smallest absolute Gasteiger partial charge is 0.126 e. The SMILES string of the molecule is Cc1ccc(C(C)NCc2ccc3cc[nH]c3c2)cc1F. The lowest BCUT2D eigenvalue weighted by atomic mass is 10.1. The van der Waals surface area contributed by atoms with Crippen molar-refractivity contribution < 1.29 is 4.39 Å². The van der Waals surface area contributed by atoms with Gasteiger partial charge in [-0.15, -0.1) is 0 Å². The molecule has 2 nitrogen and oxygen atoms in total. The van der Waals surface area contributed by atoms with Gasteiger partial charge in [-0.25, -0.2) is 4.39 Å². The van der Waals surface area contributed by atoms with Crippen LogP contribution in [0.15, 0.2) is 48.7 Å². The third-order valence-electron chi connectivity index (χ3n) is 3.93. The highest BCUT2D eigenvalue weighted by molar-refractivity contribution is 5.79. The number of hydrogen-bond acceptors (Lipinski definition) is 1. The number of benzene rings is 2. The lowest BCUT2D eigenvalue weighted by Crippen LogP contribution is -2.18. The molecule has 3 aromatic rings. The van der Waals surface area contributed by atoms with Gasteiger partial charge in [-0.1, -0.05) is 24.3 Å². The Labute approximate surface area is 124 Å². The molecule has 0 spiro atoms. The van der Waals surface area contributed by atoms with Gasteiger partial charge in [0.1, 0.15) is 5.82 Å². The Morgan fingerprint density at radius 1 is 1.14 bits per heavy atom. The van der Waals surface area contributed by atoms with Gasteiger partial charge in [-0.3, -0.25) is 0 Å². The molecule has 108 valence electrons. The van der Waals surface area contributed by atoms with Crippen LogP contribution < -0.4 is 5.32 Å². The van der Waals surface area contributed by atoms with Gasteiger partial charge in [0.15, 0.2) is 0 Å². The molecule has 0 amide bonds. The monoisotopic (exact) mass is 282 g/mol. The zero-order chi connectivity index (χ0) is 14.8. The molecule has 0 saturated heterocycles. The Hall–Kier alpha value is -2.13. The van der Waals surface area contributed by atoms with Crippen molar-refractivity contribution in [1.82, 2.24) is 10.3 Å². The first-order valence-corrected chi connectivity index (χ1v) is 7.19. The van der Waals surface area contributed by atoms with Crippen molar-refractivity contribution in [2.45, 2.75) is 26.4 Å². The van der Waals surface area contributed by atoms with Gasteiger partial charge in [0, 0.05) is 24.3 Å². The number of aromatic amines is 1. The van der Waals surface area contributed by atoms with E-state index in [4.69, 9.17) is 0 Å². The zero-order valence-corrected chi connectivity index (χ0v) is 12.3. The second kappa shape index (κ2) is 5.70. The van der Waals surface area contributed by atoms with E-state index >= 15 is 0 Å². The van der Waals surface area contributed by atoms with Crippen LogP contribution in [0.4, 0.5) is 4.39 Å². The van der Waals surface area contributed by atoms with Crippen LogP contribution in [0.2, 0.25) is 0 Å². The number of hydrogen-bond donors (Lipinski definition) is 2. The molecule has 0 aliphatic carbocycles. The highest BCUT2D eigenvalue weighted by atomic mass is 19.1. The number of halogens is 1. The molecule has 0 bridgehead atoms. The molecule has 2 aromatic carbocycles. The Morgan fingerprint density at radius 2 is 2.00 bits per heavy atom. The largest absolute Gasteiger partial charge is 0.361 e. The van der Waals surface area contributed by atoms with Gasteiger partial charge >= 0.3 is 0 Å². The van der Waals surface area contributed by atoms with Crippen LogP contribution in [0, 0.1) is 12.7 Å². The van der Waals surface area contributed by atoms with Crippen LogP contribution in [0.1, 0.15) is 29.7 Å². The van der Waals surface area contributed by atoms with E-state index in [2.05, 4.69) is 41.5 Å². The van der Waals surface area contributed by atoms with E-state index in [1.54, 1.807) is 13.0 Å². The second-order valence-corrected chi connectivity index (χ2v) is 5.51. The van der Waals surface area contributed by atoms with E-state index in [1.807, 2.05) is 18.3 Å². The fraction of sp³-hybridized carbons (Fsp3) is 0.222. The molecular formula is C18H19FN2. The molecule has 1 atom stereocenters. The van der Waals surface area contributed by atoms with Crippen molar-refractivity contribution in [3.8, 4) is 0 Å². The van der Waals surface area contributed by atoms with Crippen LogP contribution in [0.3, 0.4) is 0 Å². The lowest BCUT2D eigenvalue weighted by Gasteiger charge is -2.15. The molecule has 21 heavy (non-hydrogen) atoms. The van der Waals surface area contributed by atoms with Crippen molar-refractivity contribution in [3.63, 3.8) is 0 Å². The van der Waals surface area contributed by atoms with E-state index < -0.39 is 0 Å². The highest BCUT2D eigenvalue weighted by Crippen LogP contribution is 2.18. The summed E-state index contributed by atoms with van der Waals surface area (Å²) in [5.74, 6) is -0.144. The minimum atomic E-state index is -0.144. The summed E-state index contributed by atoms with van der Waals surface area (Å²) in [5.41, 5.74) is 4.01. The quantitative estimate of drug-likeness (QED) is 0.726. The maximum atomic E-state index is 13.6. The Morgan fingerprint density at radius 3 is 2.81 bits per heavy atom. The standard InChI is InChI=1S/C18H19FN2/c1-12-3-5-16(10-17(12)19)13(2)21-11-14-4-6-15-7-8-20-18(15)9-14/h3-10,13,20-21H,11H2,1-2H3. The Bertz CT molecular complexity index is 761. The van der Waals surface area contributed by atoms with E-state index in [0.29, 0.717) is 5.56 Å². The molecule has 1 aromatic heterocycles. The summed E-state index contributed by atoms with van der Waals surface area (Å²) in [6.07, 6.45) is 1.94. The summed E-state index contributed by atoms with van der Waals surface area (Å²) in [4.78, 5) is 3.22. The van der Waals surface area contributed by atoms with Gasteiger partial charge in [-0.2, -0.15) is 0 Å². The topological polar surface area (TPSA) is 27.8 Å². The molecule has 0 aliphatic rings. The molecule has 0 saturated carbocycles. The third kappa shape index (κ3) is 2.98. The van der Waals surface area contributed by atoms with E-state index in [9.17, 15) is 4.39 Å². The number of H-pyrrole nitrogens is 1. The summed E-state index contributed by atoms with van der Waals surface area (Å²) in [7, 11) is 0. The van der Waals surface area contributed by atoms with E-state index in [1.165, 1.54) is 10.9 Å². The van der Waals surface area contributed by atoms with Crippen molar-refractivity contribution in [2.24, 2.45) is 0 Å². The molecule has 1 heterocycles. The lowest BCUT2D eigenvalue weighted by molar-refractivity contribution is 0.563. The fourth-order valence-electron chi connectivity index (χ4n) is 2.47. The molecule has 2 N–H and O–H groups in total. The fourth-order valence-corrected chi connectivity index (χ4v) is 2.47. The van der Waals surface area contributed by atoms with Crippen LogP contribution in [-0.4, -0.2) is 4.98 Å². The van der Waals surface area contributed by atoms with E-state index in [-0.39, 0.29) is 11.9 Å². The minimum Gasteiger partial charge on any atom is -0.361 e. The van der Waals surface area contributed by atoms with Crippen molar-refractivity contribution in [1.29, 1.82) is 0 Å². The van der Waals surface area contributed by atoms with Crippen molar-refractivity contribution >= 4 is 10.9 Å². The number of aryl methyl sites for hydroxylation is 1. The van der Waals surface area contributed by atoms with Crippen molar-refractivity contribution in [2.75, 3.05) is 0 Å². The maximum Gasteiger partial charge on any atom is 0.126 e. The van der Waals surface area contributed by atoms with Crippen LogP contribution >= 0.6 is 0 Å². The molecule has 3 heteroatoms. The van der Waals surface area contributed by atoms with Gasteiger partial charge < -0.3 is 10.3 Å². The molecule has 1 unspecified atom stereocenters. The molecule has 0 fully saturated rings. The van der Waals surface area contributed by atoms with E-state index in [0.717, 1.165) is 17.6 Å². The predicted octanol–water partition coefficient (Wildman–Crippen LogP) is 4.47. The second-order valence-electron chi connectivity index (χ2n) is 5.51. The number of nitrogens with one attached hydrogen (secondary N) is 2. The number of rotatable bonds is 4. The third-order valence-corrected chi connectivity index (χ3v) is 3.93.